The molecule has 0 unspecified atom stereocenters. The predicted molar refractivity (Wildman–Crippen MR) is 113 cm³/mol. The van der Waals surface area contributed by atoms with Crippen molar-refractivity contribution in [2.75, 3.05) is 13.2 Å². The van der Waals surface area contributed by atoms with Crippen molar-refractivity contribution in [1.29, 1.82) is 0 Å². The van der Waals surface area contributed by atoms with E-state index in [1.165, 1.54) is 11.8 Å². The van der Waals surface area contributed by atoms with Gasteiger partial charge in [0.05, 0.1) is 22.6 Å². The zero-order valence-corrected chi connectivity index (χ0v) is 17.1. The molecule has 1 heterocycles. The molecule has 5 nitrogen and oxygen atoms in total. The Morgan fingerprint density at radius 3 is 2.61 bits per heavy atom. The van der Waals surface area contributed by atoms with E-state index in [2.05, 4.69) is 4.99 Å². The highest BCUT2D eigenvalue weighted by atomic mass is 35.5. The first-order valence-corrected chi connectivity index (χ1v) is 9.98. The highest BCUT2D eigenvalue weighted by Crippen LogP contribution is 2.34. The van der Waals surface area contributed by atoms with Crippen LogP contribution in [0.15, 0.2) is 52.4 Å². The Balaban J connectivity index is 1.73. The van der Waals surface area contributed by atoms with Crippen LogP contribution in [0.4, 0.5) is 0 Å². The number of ether oxygens (including phenoxy) is 2. The maximum Gasteiger partial charge on any atom is 0.284 e. The van der Waals surface area contributed by atoms with Gasteiger partial charge in [-0.05, 0) is 55.8 Å². The summed E-state index contributed by atoms with van der Waals surface area (Å²) in [4.78, 5) is 17.0. The van der Waals surface area contributed by atoms with E-state index in [1.54, 1.807) is 18.2 Å². The van der Waals surface area contributed by atoms with Crippen LogP contribution in [0.25, 0.3) is 6.08 Å². The Hall–Kier alpha value is -2.28. The molecule has 1 N–H and O–H groups in total. The molecule has 28 heavy (non-hydrogen) atoms. The monoisotopic (exact) mass is 417 g/mol. The molecule has 0 fully saturated rings. The summed E-state index contributed by atoms with van der Waals surface area (Å²) in [5.74, 6) is 0.991. The molecule has 0 aromatic heterocycles. The van der Waals surface area contributed by atoms with Gasteiger partial charge < -0.3 is 14.6 Å². The van der Waals surface area contributed by atoms with Gasteiger partial charge in [-0.1, -0.05) is 35.5 Å². The molecule has 1 amide bonds. The molecule has 0 aliphatic carbocycles. The number of aliphatic hydroxyl groups excluding tert-OH is 1. The van der Waals surface area contributed by atoms with Crippen LogP contribution in [0.5, 0.6) is 11.5 Å². The molecule has 1 aliphatic rings. The van der Waals surface area contributed by atoms with Gasteiger partial charge in [0.25, 0.3) is 5.91 Å². The number of thioether (sulfide) groups is 1. The lowest BCUT2D eigenvalue weighted by atomic mass is 10.2. The smallest absolute Gasteiger partial charge is 0.284 e. The minimum absolute atomic E-state index is 0.0894. The molecule has 0 bridgehead atoms. The van der Waals surface area contributed by atoms with Gasteiger partial charge in [0.15, 0.2) is 0 Å². The molecule has 0 spiro atoms. The maximum absolute atomic E-state index is 12.3. The quantitative estimate of drug-likeness (QED) is 0.669. The van der Waals surface area contributed by atoms with E-state index in [9.17, 15) is 4.79 Å². The number of carbonyl (C=O) groups is 1. The van der Waals surface area contributed by atoms with Gasteiger partial charge in [-0.15, -0.1) is 0 Å². The Kier molecular flexibility index (Phi) is 6.78. The molecule has 146 valence electrons. The van der Waals surface area contributed by atoms with Crippen LogP contribution in [-0.2, 0) is 4.79 Å². The van der Waals surface area contributed by atoms with E-state index >= 15 is 0 Å². The first-order valence-electron chi connectivity index (χ1n) is 8.79. The number of aliphatic hydroxyl groups is 1. The van der Waals surface area contributed by atoms with Crippen LogP contribution >= 0.6 is 23.4 Å². The van der Waals surface area contributed by atoms with Gasteiger partial charge in [0, 0.05) is 5.56 Å². The van der Waals surface area contributed by atoms with E-state index < -0.39 is 0 Å². The third-order valence-corrected chi connectivity index (χ3v) is 5.03. The second-order valence-corrected chi connectivity index (χ2v) is 7.72. The van der Waals surface area contributed by atoms with Gasteiger partial charge >= 0.3 is 0 Å². The molecule has 2 aromatic rings. The third kappa shape index (κ3) is 5.16. The van der Waals surface area contributed by atoms with Gasteiger partial charge in [-0.3, -0.25) is 4.79 Å². The molecular formula is C21H20ClNO4S. The van der Waals surface area contributed by atoms with Gasteiger partial charge in [0.1, 0.15) is 23.1 Å². The summed E-state index contributed by atoms with van der Waals surface area (Å²) in [6.45, 7) is 4.02. The van der Waals surface area contributed by atoms with E-state index in [1.807, 2.05) is 44.2 Å². The van der Waals surface area contributed by atoms with Crippen molar-refractivity contribution in [2.24, 2.45) is 4.99 Å². The number of hydrogen-bond donors (Lipinski definition) is 1. The van der Waals surface area contributed by atoms with Gasteiger partial charge in [0.2, 0.25) is 0 Å². The SMILES string of the molecule is CC(C)Oc1ccc(/C=C2\SC(c3ccc(OCCO)c(Cl)c3)=NC2=O)cc1. The molecule has 3 rings (SSSR count). The summed E-state index contributed by atoms with van der Waals surface area (Å²) in [7, 11) is 0. The first-order chi connectivity index (χ1) is 13.5. The zero-order chi connectivity index (χ0) is 20.1. The lowest BCUT2D eigenvalue weighted by Crippen LogP contribution is -2.05. The van der Waals surface area contributed by atoms with E-state index in [0.29, 0.717) is 20.7 Å². The summed E-state index contributed by atoms with van der Waals surface area (Å²) in [5.41, 5.74) is 1.64. The molecule has 0 saturated heterocycles. The topological polar surface area (TPSA) is 68.1 Å². The van der Waals surface area contributed by atoms with Crippen molar-refractivity contribution in [3.63, 3.8) is 0 Å². The fraction of sp³-hybridized carbons (Fsp3) is 0.238. The number of nitrogens with zero attached hydrogens (tertiary/aromatic N) is 1. The summed E-state index contributed by atoms with van der Waals surface area (Å²) < 4.78 is 11.0. The number of halogens is 1. The van der Waals surface area contributed by atoms with Crippen LogP contribution in [0.1, 0.15) is 25.0 Å². The van der Waals surface area contributed by atoms with Crippen LogP contribution in [0.2, 0.25) is 5.02 Å². The number of carbonyl (C=O) groups excluding carboxylic acids is 1. The minimum atomic E-state index is -0.278. The van der Waals surface area contributed by atoms with E-state index in [-0.39, 0.29) is 25.2 Å². The van der Waals surface area contributed by atoms with E-state index in [4.69, 9.17) is 26.2 Å². The molecule has 2 aromatic carbocycles. The molecule has 0 atom stereocenters. The summed E-state index contributed by atoms with van der Waals surface area (Å²) in [5, 5.41) is 9.83. The molecule has 1 aliphatic heterocycles. The lowest BCUT2D eigenvalue weighted by molar-refractivity contribution is -0.113. The van der Waals surface area contributed by atoms with Crippen molar-refractivity contribution in [2.45, 2.75) is 20.0 Å². The van der Waals surface area contributed by atoms with Crippen LogP contribution in [-0.4, -0.2) is 35.4 Å². The van der Waals surface area contributed by atoms with Crippen molar-refractivity contribution in [1.82, 2.24) is 0 Å². The molecular weight excluding hydrogens is 398 g/mol. The highest BCUT2D eigenvalue weighted by Gasteiger charge is 2.23. The number of rotatable bonds is 7. The summed E-state index contributed by atoms with van der Waals surface area (Å²) in [6.07, 6.45) is 1.92. The highest BCUT2D eigenvalue weighted by molar-refractivity contribution is 8.19. The second-order valence-electron chi connectivity index (χ2n) is 6.29. The van der Waals surface area contributed by atoms with Crippen LogP contribution in [0.3, 0.4) is 0 Å². The Morgan fingerprint density at radius 2 is 1.96 bits per heavy atom. The predicted octanol–water partition coefficient (Wildman–Crippen LogP) is 4.56. The van der Waals surface area contributed by atoms with Crippen LogP contribution < -0.4 is 9.47 Å². The Labute approximate surface area is 173 Å². The average Bonchev–Trinajstić information content (AvgIpc) is 3.02. The number of benzene rings is 2. The molecule has 0 saturated carbocycles. The van der Waals surface area contributed by atoms with Crippen molar-refractivity contribution in [3.05, 3.63) is 63.5 Å². The lowest BCUT2D eigenvalue weighted by Gasteiger charge is -2.09. The average molecular weight is 418 g/mol. The Bertz CT molecular complexity index is 923. The fourth-order valence-electron chi connectivity index (χ4n) is 2.51. The summed E-state index contributed by atoms with van der Waals surface area (Å²) >= 11 is 7.52. The maximum atomic E-state index is 12.3. The number of aliphatic imine (C=N–C) groups is 1. The normalized spacial score (nSPS) is 15.2. The minimum Gasteiger partial charge on any atom is -0.491 e. The van der Waals surface area contributed by atoms with Crippen molar-refractivity contribution in [3.8, 4) is 11.5 Å². The molecule has 0 radical (unpaired) electrons. The largest absolute Gasteiger partial charge is 0.491 e. The fourth-order valence-corrected chi connectivity index (χ4v) is 3.65. The van der Waals surface area contributed by atoms with Crippen molar-refractivity contribution < 1.29 is 19.4 Å². The number of hydrogen-bond acceptors (Lipinski definition) is 5. The summed E-state index contributed by atoms with van der Waals surface area (Å²) in [6, 6.07) is 12.8. The van der Waals surface area contributed by atoms with Crippen LogP contribution in [0, 0.1) is 0 Å². The Morgan fingerprint density at radius 1 is 1.21 bits per heavy atom. The number of amides is 1. The standard InChI is InChI=1S/C21H20ClNO4S/c1-13(2)27-16-6-3-14(4-7-16)11-19-20(25)23-21(28-19)15-5-8-18(17(22)12-15)26-10-9-24/h3-8,11-13,24H,9-10H2,1-2H3/b19-11-. The van der Waals surface area contributed by atoms with Crippen molar-refractivity contribution >= 4 is 40.4 Å². The zero-order valence-electron chi connectivity index (χ0n) is 15.5. The first kappa shape index (κ1) is 20.5. The third-order valence-electron chi connectivity index (χ3n) is 3.70. The van der Waals surface area contributed by atoms with Gasteiger partial charge in [-0.25, -0.2) is 4.99 Å². The molecule has 7 heteroatoms. The van der Waals surface area contributed by atoms with Gasteiger partial charge in [-0.2, -0.15) is 0 Å². The second kappa shape index (κ2) is 9.28. The van der Waals surface area contributed by atoms with E-state index in [0.717, 1.165) is 16.9 Å².